The van der Waals surface area contributed by atoms with Crippen LogP contribution in [0.5, 0.6) is 0 Å². The van der Waals surface area contributed by atoms with E-state index in [0.717, 1.165) is 33.4 Å². The van der Waals surface area contributed by atoms with E-state index in [1.54, 1.807) is 0 Å². The summed E-state index contributed by atoms with van der Waals surface area (Å²) in [6.07, 6.45) is 1.25. The van der Waals surface area contributed by atoms with Crippen LogP contribution < -0.4 is 0 Å². The number of rotatable bonds is 0. The van der Waals surface area contributed by atoms with Gasteiger partial charge >= 0.3 is 0 Å². The van der Waals surface area contributed by atoms with Crippen molar-refractivity contribution < 1.29 is 0 Å². The van der Waals surface area contributed by atoms with Crippen LogP contribution in [0.1, 0.15) is 81.3 Å². The Hall–Kier alpha value is -3.87. The molecule has 180 valence electrons. The summed E-state index contributed by atoms with van der Waals surface area (Å²) in [6, 6.07) is 28.9. The van der Waals surface area contributed by atoms with Gasteiger partial charge in [0.25, 0.3) is 0 Å². The molecule has 0 saturated carbocycles. The van der Waals surface area contributed by atoms with Gasteiger partial charge in [-0.2, -0.15) is 15.8 Å². The van der Waals surface area contributed by atoms with Gasteiger partial charge in [-0.15, -0.1) is 0 Å². The number of nitrogens with zero attached hydrogens (tertiary/aromatic N) is 3. The molecule has 0 saturated heterocycles. The third kappa shape index (κ3) is 16.8. The zero-order valence-corrected chi connectivity index (χ0v) is 22.5. The number of hydrogen-bond donors (Lipinski definition) is 0. The van der Waals surface area contributed by atoms with Crippen LogP contribution in [0.25, 0.3) is 0 Å². The average Bonchev–Trinajstić information content (AvgIpc) is 2.89. The number of hydrogen-bond acceptors (Lipinski definition) is 3. The summed E-state index contributed by atoms with van der Waals surface area (Å²) in [5.74, 6) is 0. The minimum Gasteiger partial charge on any atom is -0.192 e. The summed E-state index contributed by atoms with van der Waals surface area (Å²) in [5.41, 5.74) is 5.41. The van der Waals surface area contributed by atoms with Gasteiger partial charge in [-0.1, -0.05) is 103 Å². The highest BCUT2D eigenvalue weighted by Crippen LogP contribution is 2.04. The lowest BCUT2D eigenvalue weighted by Gasteiger charge is -1.90. The van der Waals surface area contributed by atoms with E-state index in [-0.39, 0.29) is 0 Å². The maximum Gasteiger partial charge on any atom is 0.0994 e. The van der Waals surface area contributed by atoms with Crippen LogP contribution in [0.15, 0.2) is 72.8 Å². The summed E-state index contributed by atoms with van der Waals surface area (Å²) in [4.78, 5) is 0. The highest BCUT2D eigenvalue weighted by atomic mass is 14.2. The Morgan fingerprint density at radius 2 is 0.647 bits per heavy atom. The summed E-state index contributed by atoms with van der Waals surface area (Å²) in [6.45, 7) is 18.0. The van der Waals surface area contributed by atoms with E-state index in [9.17, 15) is 0 Å². The van der Waals surface area contributed by atoms with Gasteiger partial charge in [0, 0.05) is 0 Å². The number of aryl methyl sites for hydroxylation is 3. The molecule has 3 rings (SSSR count). The molecular formula is C31H41N3. The Morgan fingerprint density at radius 1 is 0.471 bits per heavy atom. The smallest absolute Gasteiger partial charge is 0.0994 e. The van der Waals surface area contributed by atoms with E-state index in [4.69, 9.17) is 15.8 Å². The monoisotopic (exact) mass is 455 g/mol. The van der Waals surface area contributed by atoms with Crippen molar-refractivity contribution >= 4 is 0 Å². The molecule has 0 aliphatic carbocycles. The van der Waals surface area contributed by atoms with Crippen molar-refractivity contribution in [2.24, 2.45) is 0 Å². The Bertz CT molecular complexity index is 884. The second kappa shape index (κ2) is 25.4. The Labute approximate surface area is 208 Å². The van der Waals surface area contributed by atoms with Crippen molar-refractivity contribution in [1.82, 2.24) is 0 Å². The summed E-state index contributed by atoms with van der Waals surface area (Å²) in [5, 5.41) is 25.4. The highest BCUT2D eigenvalue weighted by Gasteiger charge is 1.91. The molecule has 0 amide bonds. The summed E-state index contributed by atoms with van der Waals surface area (Å²) in [7, 11) is 0. The molecule has 3 aromatic carbocycles. The molecule has 0 N–H and O–H groups in total. The first-order valence-corrected chi connectivity index (χ1v) is 11.8. The fourth-order valence-electron chi connectivity index (χ4n) is 2.10. The fourth-order valence-corrected chi connectivity index (χ4v) is 2.10. The molecule has 0 heterocycles. The Kier molecular flexibility index (Phi) is 25.9. The molecule has 3 aromatic rings. The molecule has 0 bridgehead atoms. The molecule has 0 aliphatic rings. The van der Waals surface area contributed by atoms with Gasteiger partial charge in [-0.3, -0.25) is 0 Å². The standard InChI is InChI=1S/3C8H7N.C3H8.2C2H6/c3*1-7-4-2-3-5-8(7)6-9;1-3-2;2*1-2/h3*2-5H,1H3;3H2,1-2H3;2*1-2H3. The molecular weight excluding hydrogens is 414 g/mol. The van der Waals surface area contributed by atoms with Gasteiger partial charge in [0.2, 0.25) is 0 Å². The lowest BCUT2D eigenvalue weighted by Crippen LogP contribution is -1.77. The second-order valence-corrected chi connectivity index (χ2v) is 6.49. The molecule has 0 aliphatic heterocycles. The SMILES string of the molecule is CC.CC.CCC.Cc1ccccc1C#N.Cc1ccccc1C#N.Cc1ccccc1C#N. The number of nitriles is 3. The second-order valence-electron chi connectivity index (χ2n) is 6.49. The van der Waals surface area contributed by atoms with Crippen LogP contribution in [0.4, 0.5) is 0 Å². The molecule has 0 spiro atoms. The summed E-state index contributed by atoms with van der Waals surface area (Å²) < 4.78 is 0. The van der Waals surface area contributed by atoms with E-state index in [2.05, 4.69) is 32.1 Å². The first kappa shape index (κ1) is 34.7. The van der Waals surface area contributed by atoms with Gasteiger partial charge in [0.15, 0.2) is 0 Å². The van der Waals surface area contributed by atoms with E-state index in [0.29, 0.717) is 0 Å². The van der Waals surface area contributed by atoms with Crippen molar-refractivity contribution in [2.75, 3.05) is 0 Å². The number of benzene rings is 3. The molecule has 3 nitrogen and oxygen atoms in total. The largest absolute Gasteiger partial charge is 0.192 e. The van der Waals surface area contributed by atoms with Crippen molar-refractivity contribution in [1.29, 1.82) is 15.8 Å². The summed E-state index contributed by atoms with van der Waals surface area (Å²) >= 11 is 0. The predicted octanol–water partition coefficient (Wildman–Crippen LogP) is 9.07. The highest BCUT2D eigenvalue weighted by molar-refractivity contribution is 5.37. The normalized spacial score (nSPS) is 7.59. The van der Waals surface area contributed by atoms with Crippen LogP contribution in [-0.4, -0.2) is 0 Å². The lowest BCUT2D eigenvalue weighted by molar-refractivity contribution is 1.09. The third-order valence-electron chi connectivity index (χ3n) is 3.80. The topological polar surface area (TPSA) is 71.4 Å². The Morgan fingerprint density at radius 3 is 0.765 bits per heavy atom. The zero-order valence-electron chi connectivity index (χ0n) is 22.5. The molecule has 0 atom stereocenters. The zero-order chi connectivity index (χ0) is 26.8. The Balaban J connectivity index is -0.000000374. The minimum absolute atomic E-state index is 0.762. The molecule has 0 aromatic heterocycles. The van der Waals surface area contributed by atoms with Crippen molar-refractivity contribution in [3.63, 3.8) is 0 Å². The van der Waals surface area contributed by atoms with Gasteiger partial charge in [0.05, 0.1) is 34.9 Å². The predicted molar refractivity (Wildman–Crippen MR) is 146 cm³/mol. The van der Waals surface area contributed by atoms with Gasteiger partial charge in [-0.05, 0) is 55.7 Å². The van der Waals surface area contributed by atoms with Gasteiger partial charge in [0.1, 0.15) is 0 Å². The first-order chi connectivity index (χ1) is 16.4. The van der Waals surface area contributed by atoms with Crippen LogP contribution in [0, 0.1) is 54.8 Å². The van der Waals surface area contributed by atoms with E-state index >= 15 is 0 Å². The van der Waals surface area contributed by atoms with E-state index < -0.39 is 0 Å². The maximum absolute atomic E-state index is 8.47. The fraction of sp³-hybridized carbons (Fsp3) is 0.323. The van der Waals surface area contributed by atoms with Gasteiger partial charge < -0.3 is 0 Å². The van der Waals surface area contributed by atoms with Crippen molar-refractivity contribution in [2.45, 2.75) is 68.7 Å². The third-order valence-corrected chi connectivity index (χ3v) is 3.80. The van der Waals surface area contributed by atoms with Crippen LogP contribution in [0.2, 0.25) is 0 Å². The van der Waals surface area contributed by atoms with E-state index in [1.165, 1.54) is 6.42 Å². The van der Waals surface area contributed by atoms with Crippen LogP contribution >= 0.6 is 0 Å². The molecule has 0 fully saturated rings. The van der Waals surface area contributed by atoms with Crippen LogP contribution in [-0.2, 0) is 0 Å². The van der Waals surface area contributed by atoms with Crippen molar-refractivity contribution in [3.8, 4) is 18.2 Å². The lowest BCUT2D eigenvalue weighted by atomic mass is 10.1. The quantitative estimate of drug-likeness (QED) is 0.339. The maximum atomic E-state index is 8.47. The average molecular weight is 456 g/mol. The first-order valence-electron chi connectivity index (χ1n) is 11.8. The minimum atomic E-state index is 0.762. The molecule has 0 unspecified atom stereocenters. The molecule has 3 heteroatoms. The molecule has 0 radical (unpaired) electrons. The molecule has 34 heavy (non-hydrogen) atoms. The van der Waals surface area contributed by atoms with Crippen LogP contribution in [0.3, 0.4) is 0 Å². The van der Waals surface area contributed by atoms with Crippen molar-refractivity contribution in [3.05, 3.63) is 106 Å². The van der Waals surface area contributed by atoms with E-state index in [1.807, 2.05) is 121 Å². The van der Waals surface area contributed by atoms with Gasteiger partial charge in [-0.25, -0.2) is 0 Å².